The molecule has 0 unspecified atom stereocenters. The van der Waals surface area contributed by atoms with Gasteiger partial charge in [0.05, 0.1) is 7.11 Å². The molecule has 0 saturated heterocycles. The van der Waals surface area contributed by atoms with E-state index in [1.54, 1.807) is 7.11 Å². The van der Waals surface area contributed by atoms with Crippen molar-refractivity contribution < 1.29 is 9.78 Å². The summed E-state index contributed by atoms with van der Waals surface area (Å²) in [7, 11) is 1.61. The predicted molar refractivity (Wildman–Crippen MR) is 48.7 cm³/mol. The Hall–Kier alpha value is -0.0800. The second-order valence-electron chi connectivity index (χ2n) is 4.03. The van der Waals surface area contributed by atoms with E-state index in [1.165, 1.54) is 19.3 Å². The molecule has 1 saturated carbocycles. The van der Waals surface area contributed by atoms with E-state index in [-0.39, 0.29) is 5.60 Å². The van der Waals surface area contributed by atoms with Crippen molar-refractivity contribution in [2.24, 2.45) is 5.92 Å². The zero-order chi connectivity index (χ0) is 9.03. The van der Waals surface area contributed by atoms with Gasteiger partial charge in [0.1, 0.15) is 5.60 Å². The maximum absolute atomic E-state index is 5.43. The first-order valence-corrected chi connectivity index (χ1v) is 4.93. The Morgan fingerprint density at radius 2 is 1.67 bits per heavy atom. The lowest BCUT2D eigenvalue weighted by Gasteiger charge is -2.38. The molecule has 1 rings (SSSR count). The lowest BCUT2D eigenvalue weighted by Crippen LogP contribution is -2.40. The number of rotatable bonds is 3. The van der Waals surface area contributed by atoms with Crippen LogP contribution in [0.4, 0.5) is 0 Å². The molecule has 0 aromatic heterocycles. The highest BCUT2D eigenvalue weighted by molar-refractivity contribution is 4.86. The van der Waals surface area contributed by atoms with Gasteiger partial charge in [-0.05, 0) is 18.8 Å². The summed E-state index contributed by atoms with van der Waals surface area (Å²) >= 11 is 0. The van der Waals surface area contributed by atoms with Crippen LogP contribution < -0.4 is 0 Å². The topological polar surface area (TPSA) is 18.5 Å². The van der Waals surface area contributed by atoms with Crippen LogP contribution in [-0.4, -0.2) is 12.7 Å². The zero-order valence-electron chi connectivity index (χ0n) is 8.43. The minimum atomic E-state index is 0.00694. The molecule has 0 heterocycles. The van der Waals surface area contributed by atoms with Gasteiger partial charge in [-0.3, -0.25) is 0 Å². The van der Waals surface area contributed by atoms with Crippen molar-refractivity contribution in [2.45, 2.75) is 51.6 Å². The number of hydrogen-bond acceptors (Lipinski definition) is 2. The van der Waals surface area contributed by atoms with Gasteiger partial charge in [0.25, 0.3) is 0 Å². The van der Waals surface area contributed by atoms with Gasteiger partial charge in [0.15, 0.2) is 0 Å². The third-order valence-electron chi connectivity index (χ3n) is 3.00. The van der Waals surface area contributed by atoms with Crippen molar-refractivity contribution in [3.63, 3.8) is 0 Å². The van der Waals surface area contributed by atoms with Crippen LogP contribution in [-0.2, 0) is 9.78 Å². The first-order chi connectivity index (χ1) is 5.71. The quantitative estimate of drug-likeness (QED) is 0.481. The van der Waals surface area contributed by atoms with Crippen molar-refractivity contribution in [2.75, 3.05) is 7.11 Å². The first kappa shape index (κ1) is 10.0. The summed E-state index contributed by atoms with van der Waals surface area (Å²) in [6, 6.07) is 0. The van der Waals surface area contributed by atoms with Crippen molar-refractivity contribution in [1.82, 2.24) is 0 Å². The summed E-state index contributed by atoms with van der Waals surface area (Å²) < 4.78 is 0. The third-order valence-corrected chi connectivity index (χ3v) is 3.00. The maximum Gasteiger partial charge on any atom is 0.106 e. The highest BCUT2D eigenvalue weighted by Crippen LogP contribution is 2.37. The minimum absolute atomic E-state index is 0.00694. The fraction of sp³-hybridized carbons (Fsp3) is 1.00. The van der Waals surface area contributed by atoms with Crippen LogP contribution in [0.2, 0.25) is 0 Å². The first-order valence-electron chi connectivity index (χ1n) is 4.93. The average Bonchev–Trinajstić information content (AvgIpc) is 2.06. The maximum atomic E-state index is 5.43. The largest absolute Gasteiger partial charge is 0.240 e. The summed E-state index contributed by atoms with van der Waals surface area (Å²) in [5, 5.41) is 0. The van der Waals surface area contributed by atoms with Crippen LogP contribution in [0.25, 0.3) is 0 Å². The third kappa shape index (κ3) is 1.99. The summed E-state index contributed by atoms with van der Waals surface area (Å²) in [5.41, 5.74) is 0.00694. The molecule has 2 heteroatoms. The van der Waals surface area contributed by atoms with Crippen LogP contribution in [0.15, 0.2) is 0 Å². The standard InChI is InChI=1S/C10H20O2/c1-9(2)10(12-11-3)7-5-4-6-8-10/h9H,4-8H2,1-3H3. The Kier molecular flexibility index (Phi) is 3.53. The molecule has 0 aliphatic heterocycles. The summed E-state index contributed by atoms with van der Waals surface area (Å²) in [4.78, 5) is 10.3. The molecule has 0 amide bonds. The Bertz CT molecular complexity index is 120. The van der Waals surface area contributed by atoms with E-state index in [1.807, 2.05) is 0 Å². The monoisotopic (exact) mass is 172 g/mol. The summed E-state index contributed by atoms with van der Waals surface area (Å²) in [6.07, 6.45) is 6.21. The van der Waals surface area contributed by atoms with Crippen LogP contribution in [0.5, 0.6) is 0 Å². The van der Waals surface area contributed by atoms with E-state index in [9.17, 15) is 0 Å². The molecule has 1 aliphatic rings. The van der Waals surface area contributed by atoms with Crippen molar-refractivity contribution >= 4 is 0 Å². The van der Waals surface area contributed by atoms with E-state index in [2.05, 4.69) is 13.8 Å². The van der Waals surface area contributed by atoms with Gasteiger partial charge in [-0.25, -0.2) is 9.78 Å². The van der Waals surface area contributed by atoms with Crippen LogP contribution in [0, 0.1) is 5.92 Å². The van der Waals surface area contributed by atoms with Crippen molar-refractivity contribution in [3.05, 3.63) is 0 Å². The molecule has 12 heavy (non-hydrogen) atoms. The van der Waals surface area contributed by atoms with Crippen LogP contribution >= 0.6 is 0 Å². The molecule has 2 nitrogen and oxygen atoms in total. The van der Waals surface area contributed by atoms with Crippen molar-refractivity contribution in [1.29, 1.82) is 0 Å². The number of hydrogen-bond donors (Lipinski definition) is 0. The molecule has 0 aromatic carbocycles. The second-order valence-corrected chi connectivity index (χ2v) is 4.03. The van der Waals surface area contributed by atoms with Gasteiger partial charge in [-0.15, -0.1) is 0 Å². The molecule has 1 fully saturated rings. The smallest absolute Gasteiger partial charge is 0.106 e. The van der Waals surface area contributed by atoms with E-state index < -0.39 is 0 Å². The molecule has 0 N–H and O–H groups in total. The lowest BCUT2D eigenvalue weighted by molar-refractivity contribution is -0.362. The van der Waals surface area contributed by atoms with Gasteiger partial charge >= 0.3 is 0 Å². The lowest BCUT2D eigenvalue weighted by atomic mass is 9.77. The zero-order valence-corrected chi connectivity index (χ0v) is 8.43. The van der Waals surface area contributed by atoms with Gasteiger partial charge in [0, 0.05) is 0 Å². The molecule has 0 bridgehead atoms. The van der Waals surface area contributed by atoms with Crippen molar-refractivity contribution in [3.8, 4) is 0 Å². The van der Waals surface area contributed by atoms with Gasteiger partial charge in [0.2, 0.25) is 0 Å². The molecular weight excluding hydrogens is 152 g/mol. The SMILES string of the molecule is COOC1(C(C)C)CCCCC1. The molecule has 1 aliphatic carbocycles. The fourth-order valence-electron chi connectivity index (χ4n) is 2.07. The van der Waals surface area contributed by atoms with E-state index in [4.69, 9.17) is 9.78 Å². The average molecular weight is 172 g/mol. The van der Waals surface area contributed by atoms with E-state index in [0.717, 1.165) is 12.8 Å². The van der Waals surface area contributed by atoms with Crippen LogP contribution in [0.1, 0.15) is 46.0 Å². The summed E-state index contributed by atoms with van der Waals surface area (Å²) in [6.45, 7) is 4.43. The summed E-state index contributed by atoms with van der Waals surface area (Å²) in [5.74, 6) is 0.553. The normalized spacial score (nSPS) is 23.0. The molecular formula is C10H20O2. The predicted octanol–water partition coefficient (Wildman–Crippen LogP) is 2.92. The molecule has 0 atom stereocenters. The van der Waals surface area contributed by atoms with Gasteiger partial charge in [-0.2, -0.15) is 0 Å². The molecule has 72 valence electrons. The van der Waals surface area contributed by atoms with Gasteiger partial charge < -0.3 is 0 Å². The van der Waals surface area contributed by atoms with Crippen LogP contribution in [0.3, 0.4) is 0 Å². The highest BCUT2D eigenvalue weighted by atomic mass is 17.2. The Labute approximate surface area is 75.2 Å². The second kappa shape index (κ2) is 4.24. The van der Waals surface area contributed by atoms with E-state index >= 15 is 0 Å². The van der Waals surface area contributed by atoms with E-state index in [0.29, 0.717) is 5.92 Å². The Balaban J connectivity index is 2.56. The molecule has 0 radical (unpaired) electrons. The highest BCUT2D eigenvalue weighted by Gasteiger charge is 2.37. The Morgan fingerprint density at radius 1 is 1.08 bits per heavy atom. The minimum Gasteiger partial charge on any atom is -0.240 e. The molecule has 0 aromatic rings. The fourth-order valence-corrected chi connectivity index (χ4v) is 2.07. The Morgan fingerprint density at radius 3 is 2.08 bits per heavy atom. The van der Waals surface area contributed by atoms with Gasteiger partial charge in [-0.1, -0.05) is 33.1 Å². The molecule has 0 spiro atoms.